The predicted molar refractivity (Wildman–Crippen MR) is 113 cm³/mol. The second kappa shape index (κ2) is 9.13. The monoisotopic (exact) mass is 368 g/mol. The SMILES string of the molecule is Cl.Nc1ccc(CN(Cc2ccc(N)cc2)Cc2ccc(N)cc2)cc1. The first kappa shape index (κ1) is 19.6. The predicted octanol–water partition coefficient (Wildman–Crippen LogP) is 4.06. The largest absolute Gasteiger partial charge is 0.399 e. The molecule has 0 saturated carbocycles. The lowest BCUT2D eigenvalue weighted by Crippen LogP contribution is -2.22. The van der Waals surface area contributed by atoms with Gasteiger partial charge >= 0.3 is 0 Å². The van der Waals surface area contributed by atoms with Crippen molar-refractivity contribution in [1.29, 1.82) is 0 Å². The Kier molecular flexibility index (Phi) is 6.89. The smallest absolute Gasteiger partial charge is 0.0314 e. The van der Waals surface area contributed by atoms with Crippen LogP contribution in [-0.2, 0) is 19.6 Å². The van der Waals surface area contributed by atoms with Crippen LogP contribution in [0.1, 0.15) is 16.7 Å². The van der Waals surface area contributed by atoms with Gasteiger partial charge in [0.2, 0.25) is 0 Å². The zero-order valence-corrected chi connectivity index (χ0v) is 15.5. The van der Waals surface area contributed by atoms with Gasteiger partial charge in [0.25, 0.3) is 0 Å². The summed E-state index contributed by atoms with van der Waals surface area (Å²) in [5.41, 5.74) is 23.4. The highest BCUT2D eigenvalue weighted by Gasteiger charge is 2.09. The van der Waals surface area contributed by atoms with Gasteiger partial charge in [0.15, 0.2) is 0 Å². The molecule has 0 saturated heterocycles. The molecule has 0 unspecified atom stereocenters. The second-order valence-corrected chi connectivity index (χ2v) is 6.37. The molecule has 0 spiro atoms. The molecule has 0 amide bonds. The molecule has 0 aliphatic carbocycles. The Balaban J connectivity index is 0.00000243. The van der Waals surface area contributed by atoms with Gasteiger partial charge in [0, 0.05) is 36.7 Å². The Hall–Kier alpha value is -2.69. The van der Waals surface area contributed by atoms with Crippen molar-refractivity contribution in [3.8, 4) is 0 Å². The zero-order valence-electron chi connectivity index (χ0n) is 14.6. The number of nitrogens with two attached hydrogens (primary N) is 3. The Bertz CT molecular complexity index is 686. The lowest BCUT2D eigenvalue weighted by molar-refractivity contribution is 0.248. The molecule has 3 rings (SSSR count). The maximum absolute atomic E-state index is 5.80. The highest BCUT2D eigenvalue weighted by atomic mass is 35.5. The standard InChI is InChI=1S/C21H24N4.ClH/c22-19-7-1-16(2-8-19)13-25(14-17-3-9-20(23)10-4-17)15-18-5-11-21(24)12-6-18;/h1-12H,13-15,22-24H2;1H. The van der Waals surface area contributed by atoms with E-state index in [9.17, 15) is 0 Å². The highest BCUT2D eigenvalue weighted by Crippen LogP contribution is 2.17. The Morgan fingerprint density at radius 3 is 0.923 bits per heavy atom. The lowest BCUT2D eigenvalue weighted by Gasteiger charge is -2.23. The van der Waals surface area contributed by atoms with Crippen molar-refractivity contribution in [3.63, 3.8) is 0 Å². The number of halogens is 1. The van der Waals surface area contributed by atoms with Crippen LogP contribution in [0.15, 0.2) is 72.8 Å². The quantitative estimate of drug-likeness (QED) is 0.573. The number of nitrogens with zero attached hydrogens (tertiary/aromatic N) is 1. The molecule has 0 fully saturated rings. The third kappa shape index (κ3) is 5.69. The molecule has 0 radical (unpaired) electrons. The minimum absolute atomic E-state index is 0. The Morgan fingerprint density at radius 1 is 0.462 bits per heavy atom. The van der Waals surface area contributed by atoms with E-state index in [-0.39, 0.29) is 12.4 Å². The van der Waals surface area contributed by atoms with E-state index in [0.717, 1.165) is 36.7 Å². The first-order valence-electron chi connectivity index (χ1n) is 8.34. The summed E-state index contributed by atoms with van der Waals surface area (Å²) in [4.78, 5) is 2.39. The molecule has 5 heteroatoms. The van der Waals surface area contributed by atoms with Crippen molar-refractivity contribution in [3.05, 3.63) is 89.5 Å². The van der Waals surface area contributed by atoms with E-state index < -0.39 is 0 Å². The normalized spacial score (nSPS) is 10.5. The topological polar surface area (TPSA) is 81.3 Å². The van der Waals surface area contributed by atoms with Crippen molar-refractivity contribution >= 4 is 29.5 Å². The number of anilines is 3. The molecule has 0 atom stereocenters. The number of hydrogen-bond acceptors (Lipinski definition) is 4. The third-order valence-electron chi connectivity index (χ3n) is 4.16. The molecule has 0 heterocycles. The van der Waals surface area contributed by atoms with Crippen molar-refractivity contribution in [2.75, 3.05) is 17.2 Å². The summed E-state index contributed by atoms with van der Waals surface area (Å²) in [6.07, 6.45) is 0. The maximum atomic E-state index is 5.80. The first-order chi connectivity index (χ1) is 12.1. The molecule has 0 aromatic heterocycles. The molecule has 0 bridgehead atoms. The van der Waals surface area contributed by atoms with Crippen LogP contribution in [0, 0.1) is 0 Å². The van der Waals surface area contributed by atoms with Crippen LogP contribution in [-0.4, -0.2) is 4.90 Å². The van der Waals surface area contributed by atoms with Gasteiger partial charge in [-0.15, -0.1) is 12.4 Å². The van der Waals surface area contributed by atoms with E-state index in [0.29, 0.717) is 0 Å². The molecule has 136 valence electrons. The van der Waals surface area contributed by atoms with Crippen LogP contribution in [0.3, 0.4) is 0 Å². The van der Waals surface area contributed by atoms with Crippen LogP contribution in [0.25, 0.3) is 0 Å². The highest BCUT2D eigenvalue weighted by molar-refractivity contribution is 5.85. The van der Waals surface area contributed by atoms with Crippen molar-refractivity contribution in [2.24, 2.45) is 0 Å². The minimum atomic E-state index is 0. The third-order valence-corrected chi connectivity index (χ3v) is 4.16. The summed E-state index contributed by atoms with van der Waals surface area (Å²) in [6, 6.07) is 24.1. The number of hydrogen-bond donors (Lipinski definition) is 3. The number of nitrogen functional groups attached to an aromatic ring is 3. The fraction of sp³-hybridized carbons (Fsp3) is 0.143. The van der Waals surface area contributed by atoms with E-state index in [1.807, 2.05) is 36.4 Å². The molecule has 0 aliphatic rings. The van der Waals surface area contributed by atoms with E-state index in [1.165, 1.54) is 16.7 Å². The van der Waals surface area contributed by atoms with Gasteiger partial charge in [-0.2, -0.15) is 0 Å². The van der Waals surface area contributed by atoms with Gasteiger partial charge in [-0.25, -0.2) is 0 Å². The molecular weight excluding hydrogens is 344 g/mol. The number of rotatable bonds is 6. The van der Waals surface area contributed by atoms with Crippen LogP contribution >= 0.6 is 12.4 Å². The average Bonchev–Trinajstić information content (AvgIpc) is 2.61. The van der Waals surface area contributed by atoms with Gasteiger partial charge in [0.1, 0.15) is 0 Å². The molecular formula is C21H25ClN4. The van der Waals surface area contributed by atoms with E-state index >= 15 is 0 Å². The van der Waals surface area contributed by atoms with E-state index in [1.54, 1.807) is 0 Å². The summed E-state index contributed by atoms with van der Waals surface area (Å²) >= 11 is 0. The lowest BCUT2D eigenvalue weighted by atomic mass is 10.1. The fourth-order valence-electron chi connectivity index (χ4n) is 2.81. The summed E-state index contributed by atoms with van der Waals surface area (Å²) in [5, 5.41) is 0. The van der Waals surface area contributed by atoms with Gasteiger partial charge in [-0.05, 0) is 53.1 Å². The fourth-order valence-corrected chi connectivity index (χ4v) is 2.81. The van der Waals surface area contributed by atoms with Crippen LogP contribution in [0.5, 0.6) is 0 Å². The number of benzene rings is 3. The molecule has 26 heavy (non-hydrogen) atoms. The van der Waals surface area contributed by atoms with Gasteiger partial charge < -0.3 is 17.2 Å². The van der Waals surface area contributed by atoms with Crippen LogP contribution in [0.4, 0.5) is 17.1 Å². The molecule has 3 aromatic rings. The average molecular weight is 369 g/mol. The Labute approximate surface area is 161 Å². The van der Waals surface area contributed by atoms with Crippen molar-refractivity contribution < 1.29 is 0 Å². The van der Waals surface area contributed by atoms with Gasteiger partial charge in [0.05, 0.1) is 0 Å². The Morgan fingerprint density at radius 2 is 0.692 bits per heavy atom. The second-order valence-electron chi connectivity index (χ2n) is 6.37. The molecule has 3 aromatic carbocycles. The summed E-state index contributed by atoms with van der Waals surface area (Å²) in [6.45, 7) is 2.53. The van der Waals surface area contributed by atoms with Crippen LogP contribution in [0.2, 0.25) is 0 Å². The van der Waals surface area contributed by atoms with Crippen molar-refractivity contribution in [1.82, 2.24) is 4.90 Å². The zero-order chi connectivity index (χ0) is 17.6. The first-order valence-corrected chi connectivity index (χ1v) is 8.34. The minimum Gasteiger partial charge on any atom is -0.399 e. The summed E-state index contributed by atoms with van der Waals surface area (Å²) < 4.78 is 0. The van der Waals surface area contributed by atoms with E-state index in [4.69, 9.17) is 17.2 Å². The summed E-state index contributed by atoms with van der Waals surface area (Å²) in [7, 11) is 0. The summed E-state index contributed by atoms with van der Waals surface area (Å²) in [5.74, 6) is 0. The molecule has 0 aliphatic heterocycles. The van der Waals surface area contributed by atoms with Crippen molar-refractivity contribution in [2.45, 2.75) is 19.6 Å². The maximum Gasteiger partial charge on any atom is 0.0314 e. The van der Waals surface area contributed by atoms with E-state index in [2.05, 4.69) is 41.3 Å². The van der Waals surface area contributed by atoms with Gasteiger partial charge in [-0.1, -0.05) is 36.4 Å². The van der Waals surface area contributed by atoms with Crippen LogP contribution < -0.4 is 17.2 Å². The molecule has 6 N–H and O–H groups in total. The molecule has 4 nitrogen and oxygen atoms in total. The van der Waals surface area contributed by atoms with Gasteiger partial charge in [-0.3, -0.25) is 4.90 Å².